The highest BCUT2D eigenvalue weighted by molar-refractivity contribution is 5.85. The molecule has 1 aromatic heterocycles. The van der Waals surface area contributed by atoms with Gasteiger partial charge in [0.05, 0.1) is 11.5 Å². The molecular weight excluding hydrogens is 280 g/mol. The van der Waals surface area contributed by atoms with Crippen molar-refractivity contribution in [2.75, 3.05) is 6.61 Å². The molecule has 0 amide bonds. The third kappa shape index (κ3) is 3.16. The Morgan fingerprint density at radius 3 is 2.86 bits per heavy atom. The van der Waals surface area contributed by atoms with E-state index in [1.165, 1.54) is 18.2 Å². The number of nitro benzene ring substituents is 1. The van der Waals surface area contributed by atoms with Crippen LogP contribution in [0.4, 0.5) is 5.69 Å². The molecule has 0 radical (unpaired) electrons. The summed E-state index contributed by atoms with van der Waals surface area (Å²) in [6.45, 7) is 2.25. The summed E-state index contributed by atoms with van der Waals surface area (Å²) in [6, 6.07) is 4.20. The fourth-order valence-electron chi connectivity index (χ4n) is 1.63. The second-order valence-electron chi connectivity index (χ2n) is 4.13. The van der Waals surface area contributed by atoms with Crippen LogP contribution >= 0.6 is 0 Å². The SMILES string of the molecule is CCCOc1ccc(-c2nc(C(=O)O)co2)cc1[N+](=O)[O-]. The lowest BCUT2D eigenvalue weighted by Gasteiger charge is -2.05. The Labute approximate surface area is 119 Å². The van der Waals surface area contributed by atoms with Gasteiger partial charge in [-0.25, -0.2) is 9.78 Å². The normalized spacial score (nSPS) is 10.3. The molecule has 0 aliphatic rings. The molecule has 2 rings (SSSR count). The minimum atomic E-state index is -1.23. The molecule has 1 aromatic carbocycles. The number of benzene rings is 1. The summed E-state index contributed by atoms with van der Waals surface area (Å²) in [6.07, 6.45) is 1.70. The van der Waals surface area contributed by atoms with E-state index in [-0.39, 0.29) is 23.0 Å². The van der Waals surface area contributed by atoms with Gasteiger partial charge in [-0.2, -0.15) is 0 Å². The van der Waals surface area contributed by atoms with Crippen molar-refractivity contribution in [1.82, 2.24) is 4.98 Å². The molecule has 0 saturated heterocycles. The van der Waals surface area contributed by atoms with Gasteiger partial charge in [-0.3, -0.25) is 10.1 Å². The number of aromatic nitrogens is 1. The number of nitro groups is 1. The molecule has 0 saturated carbocycles. The first kappa shape index (κ1) is 14.5. The van der Waals surface area contributed by atoms with Crippen LogP contribution in [-0.2, 0) is 0 Å². The van der Waals surface area contributed by atoms with Gasteiger partial charge < -0.3 is 14.3 Å². The molecular formula is C13H12N2O6. The van der Waals surface area contributed by atoms with Crippen LogP contribution in [0, 0.1) is 10.1 Å². The Hall–Kier alpha value is -2.90. The van der Waals surface area contributed by atoms with Crippen LogP contribution in [0.5, 0.6) is 5.75 Å². The predicted molar refractivity (Wildman–Crippen MR) is 71.3 cm³/mol. The molecule has 0 aliphatic carbocycles. The molecule has 110 valence electrons. The zero-order valence-electron chi connectivity index (χ0n) is 11.1. The predicted octanol–water partition coefficient (Wildman–Crippen LogP) is 2.74. The van der Waals surface area contributed by atoms with Crippen LogP contribution in [-0.4, -0.2) is 27.6 Å². The maximum atomic E-state index is 11.1. The standard InChI is InChI=1S/C13H12N2O6/c1-2-5-20-11-4-3-8(6-10(11)15(18)19)12-14-9(7-21-12)13(16)17/h3-4,6-7H,2,5H2,1H3,(H,16,17). The van der Waals surface area contributed by atoms with Gasteiger partial charge >= 0.3 is 11.7 Å². The fourth-order valence-corrected chi connectivity index (χ4v) is 1.63. The Bertz CT molecular complexity index is 679. The first-order valence-corrected chi connectivity index (χ1v) is 6.13. The van der Waals surface area contributed by atoms with Crippen molar-refractivity contribution < 1.29 is 24.0 Å². The van der Waals surface area contributed by atoms with Gasteiger partial charge in [0.2, 0.25) is 5.89 Å². The van der Waals surface area contributed by atoms with E-state index in [0.29, 0.717) is 12.2 Å². The van der Waals surface area contributed by atoms with Crippen molar-refractivity contribution in [1.29, 1.82) is 0 Å². The van der Waals surface area contributed by atoms with E-state index < -0.39 is 10.9 Å². The van der Waals surface area contributed by atoms with Crippen LogP contribution in [0.3, 0.4) is 0 Å². The topological polar surface area (TPSA) is 116 Å². The number of hydrogen-bond donors (Lipinski definition) is 1. The maximum absolute atomic E-state index is 11.1. The zero-order chi connectivity index (χ0) is 15.4. The molecule has 0 bridgehead atoms. The van der Waals surface area contributed by atoms with Crippen LogP contribution in [0.1, 0.15) is 23.8 Å². The van der Waals surface area contributed by atoms with Crippen LogP contribution in [0.25, 0.3) is 11.5 Å². The lowest BCUT2D eigenvalue weighted by atomic mass is 10.2. The fraction of sp³-hybridized carbons (Fsp3) is 0.231. The summed E-state index contributed by atoms with van der Waals surface area (Å²) >= 11 is 0. The van der Waals surface area contributed by atoms with Crippen molar-refractivity contribution in [2.45, 2.75) is 13.3 Å². The van der Waals surface area contributed by atoms with E-state index in [9.17, 15) is 14.9 Å². The number of rotatable bonds is 6. The van der Waals surface area contributed by atoms with Crippen LogP contribution in [0.2, 0.25) is 0 Å². The van der Waals surface area contributed by atoms with Crippen molar-refractivity contribution in [3.8, 4) is 17.2 Å². The average Bonchev–Trinajstić information content (AvgIpc) is 2.94. The highest BCUT2D eigenvalue weighted by Gasteiger charge is 2.19. The molecule has 0 unspecified atom stereocenters. The summed E-state index contributed by atoms with van der Waals surface area (Å²) < 4.78 is 10.3. The first-order valence-electron chi connectivity index (χ1n) is 6.13. The molecule has 8 nitrogen and oxygen atoms in total. The number of aromatic carboxylic acids is 1. The molecule has 1 N–H and O–H groups in total. The van der Waals surface area contributed by atoms with E-state index in [0.717, 1.165) is 12.7 Å². The molecule has 2 aromatic rings. The molecule has 1 heterocycles. The van der Waals surface area contributed by atoms with E-state index in [2.05, 4.69) is 4.98 Å². The van der Waals surface area contributed by atoms with E-state index in [1.807, 2.05) is 6.92 Å². The quantitative estimate of drug-likeness (QED) is 0.642. The van der Waals surface area contributed by atoms with Crippen molar-refractivity contribution in [3.63, 3.8) is 0 Å². The summed E-state index contributed by atoms with van der Waals surface area (Å²) in [5.41, 5.74) is -0.187. The third-order valence-electron chi connectivity index (χ3n) is 2.59. The number of ether oxygens (including phenoxy) is 1. The lowest BCUT2D eigenvalue weighted by Crippen LogP contribution is -2.00. The minimum absolute atomic E-state index is 0.00228. The monoisotopic (exact) mass is 292 g/mol. The number of nitrogens with zero attached hydrogens (tertiary/aromatic N) is 2. The minimum Gasteiger partial charge on any atom is -0.487 e. The highest BCUT2D eigenvalue weighted by Crippen LogP contribution is 2.32. The van der Waals surface area contributed by atoms with Crippen molar-refractivity contribution in [2.24, 2.45) is 0 Å². The van der Waals surface area contributed by atoms with Gasteiger partial charge in [0.25, 0.3) is 0 Å². The molecule has 0 aliphatic heterocycles. The Morgan fingerprint density at radius 2 is 2.29 bits per heavy atom. The maximum Gasteiger partial charge on any atom is 0.357 e. The average molecular weight is 292 g/mol. The number of carboxylic acid groups (broad SMARTS) is 1. The molecule has 0 fully saturated rings. The molecule has 21 heavy (non-hydrogen) atoms. The second kappa shape index (κ2) is 6.04. The van der Waals surface area contributed by atoms with Gasteiger partial charge in [0.15, 0.2) is 11.4 Å². The largest absolute Gasteiger partial charge is 0.487 e. The zero-order valence-corrected chi connectivity index (χ0v) is 11.1. The van der Waals surface area contributed by atoms with Gasteiger partial charge in [0, 0.05) is 11.6 Å². The smallest absolute Gasteiger partial charge is 0.357 e. The molecule has 0 spiro atoms. The highest BCUT2D eigenvalue weighted by atomic mass is 16.6. The number of hydrogen-bond acceptors (Lipinski definition) is 6. The third-order valence-corrected chi connectivity index (χ3v) is 2.59. The van der Waals surface area contributed by atoms with Gasteiger partial charge in [-0.05, 0) is 18.6 Å². The van der Waals surface area contributed by atoms with Crippen molar-refractivity contribution in [3.05, 3.63) is 40.3 Å². The van der Waals surface area contributed by atoms with Crippen molar-refractivity contribution >= 4 is 11.7 Å². The Morgan fingerprint density at radius 1 is 1.52 bits per heavy atom. The summed E-state index contributed by atoms with van der Waals surface area (Å²) in [7, 11) is 0. The van der Waals surface area contributed by atoms with Crippen LogP contribution in [0.15, 0.2) is 28.9 Å². The van der Waals surface area contributed by atoms with Gasteiger partial charge in [-0.1, -0.05) is 6.92 Å². The van der Waals surface area contributed by atoms with E-state index >= 15 is 0 Å². The summed E-state index contributed by atoms with van der Waals surface area (Å²) in [4.78, 5) is 25.0. The second-order valence-corrected chi connectivity index (χ2v) is 4.13. The van der Waals surface area contributed by atoms with E-state index in [4.69, 9.17) is 14.3 Å². The summed E-state index contributed by atoms with van der Waals surface area (Å²) in [5.74, 6) is -1.09. The number of oxazole rings is 1. The lowest BCUT2D eigenvalue weighted by molar-refractivity contribution is -0.385. The number of carbonyl (C=O) groups is 1. The van der Waals surface area contributed by atoms with E-state index in [1.54, 1.807) is 0 Å². The Balaban J connectivity index is 2.38. The Kier molecular flexibility index (Phi) is 4.17. The molecule has 0 atom stereocenters. The van der Waals surface area contributed by atoms with Gasteiger partial charge in [0.1, 0.15) is 6.26 Å². The summed E-state index contributed by atoms with van der Waals surface area (Å²) in [5, 5.41) is 19.8. The van der Waals surface area contributed by atoms with Gasteiger partial charge in [-0.15, -0.1) is 0 Å². The number of carboxylic acids is 1. The first-order chi connectivity index (χ1) is 10.0. The molecule has 8 heteroatoms. The van der Waals surface area contributed by atoms with Crippen LogP contribution < -0.4 is 4.74 Å².